The second-order valence-electron chi connectivity index (χ2n) is 7.71. The molecule has 0 bridgehead atoms. The standard InChI is InChI=1S/C26H22N4O4S/c1-2-33-19-9-7-18(8-10-19)28-24(31)14-30-22-13-17(6-11-23(22)34-15-25(30)32)21-16-35-26(29-21)20-5-3-4-12-27-20/h3-13,16H,2,14-15H2,1H3,(H,28,31). The van der Waals surface area contributed by atoms with E-state index in [1.165, 1.54) is 16.2 Å². The molecule has 1 N–H and O–H groups in total. The summed E-state index contributed by atoms with van der Waals surface area (Å²) in [5.74, 6) is 0.668. The van der Waals surface area contributed by atoms with Crippen LogP contribution in [0.2, 0.25) is 0 Å². The summed E-state index contributed by atoms with van der Waals surface area (Å²) in [6, 6.07) is 18.3. The zero-order valence-electron chi connectivity index (χ0n) is 18.9. The SMILES string of the molecule is CCOc1ccc(NC(=O)CN2C(=O)COc3ccc(-c4csc(-c5ccccn5)n4)cc32)cc1. The lowest BCUT2D eigenvalue weighted by Crippen LogP contribution is -2.43. The summed E-state index contributed by atoms with van der Waals surface area (Å²) in [4.78, 5) is 35.9. The second kappa shape index (κ2) is 9.94. The first kappa shape index (κ1) is 22.5. The summed E-state index contributed by atoms with van der Waals surface area (Å²) in [6.45, 7) is 2.22. The molecule has 0 spiro atoms. The van der Waals surface area contributed by atoms with Gasteiger partial charge in [0.25, 0.3) is 5.91 Å². The van der Waals surface area contributed by atoms with Crippen LogP contribution in [0.1, 0.15) is 6.92 Å². The van der Waals surface area contributed by atoms with Gasteiger partial charge < -0.3 is 14.8 Å². The van der Waals surface area contributed by atoms with Crippen molar-refractivity contribution in [1.82, 2.24) is 9.97 Å². The second-order valence-corrected chi connectivity index (χ2v) is 8.57. The molecule has 35 heavy (non-hydrogen) atoms. The van der Waals surface area contributed by atoms with Gasteiger partial charge >= 0.3 is 0 Å². The molecule has 4 aromatic rings. The number of fused-ring (bicyclic) bond motifs is 1. The highest BCUT2D eigenvalue weighted by molar-refractivity contribution is 7.13. The Bertz CT molecular complexity index is 1360. The van der Waals surface area contributed by atoms with E-state index in [1.807, 2.05) is 42.6 Å². The molecule has 5 rings (SSSR count). The smallest absolute Gasteiger partial charge is 0.265 e. The van der Waals surface area contributed by atoms with E-state index in [-0.39, 0.29) is 25.0 Å². The molecule has 0 saturated heterocycles. The molecule has 2 aromatic carbocycles. The Kier molecular flexibility index (Phi) is 6.40. The fourth-order valence-electron chi connectivity index (χ4n) is 3.69. The first-order valence-corrected chi connectivity index (χ1v) is 12.0. The van der Waals surface area contributed by atoms with Gasteiger partial charge in [0.15, 0.2) is 6.61 Å². The molecular formula is C26H22N4O4S. The van der Waals surface area contributed by atoms with Crippen LogP contribution in [0.4, 0.5) is 11.4 Å². The third-order valence-corrected chi connectivity index (χ3v) is 6.20. The van der Waals surface area contributed by atoms with Gasteiger partial charge in [0.1, 0.15) is 23.1 Å². The highest BCUT2D eigenvalue weighted by Crippen LogP contribution is 2.37. The van der Waals surface area contributed by atoms with Crippen LogP contribution in [0.15, 0.2) is 72.2 Å². The van der Waals surface area contributed by atoms with Crippen molar-refractivity contribution in [3.63, 3.8) is 0 Å². The average molecular weight is 487 g/mol. The van der Waals surface area contributed by atoms with Crippen molar-refractivity contribution in [2.45, 2.75) is 6.92 Å². The Morgan fingerprint density at radius 1 is 1.14 bits per heavy atom. The van der Waals surface area contributed by atoms with Gasteiger partial charge in [-0.1, -0.05) is 6.07 Å². The fourth-order valence-corrected chi connectivity index (χ4v) is 4.50. The highest BCUT2D eigenvalue weighted by atomic mass is 32.1. The quantitative estimate of drug-likeness (QED) is 0.409. The number of pyridine rings is 1. The number of carbonyl (C=O) groups excluding carboxylic acids is 2. The Hall–Kier alpha value is -4.24. The van der Waals surface area contributed by atoms with Crippen molar-refractivity contribution in [2.75, 3.05) is 30.0 Å². The molecule has 0 saturated carbocycles. The molecule has 0 fully saturated rings. The average Bonchev–Trinajstić information content (AvgIpc) is 3.38. The van der Waals surface area contributed by atoms with Gasteiger partial charge in [0, 0.05) is 22.8 Å². The number of anilines is 2. The number of aromatic nitrogens is 2. The minimum absolute atomic E-state index is 0.122. The maximum absolute atomic E-state index is 12.8. The first-order chi connectivity index (χ1) is 17.1. The van der Waals surface area contributed by atoms with Crippen molar-refractivity contribution in [2.24, 2.45) is 0 Å². The molecule has 2 aromatic heterocycles. The third-order valence-electron chi connectivity index (χ3n) is 5.34. The lowest BCUT2D eigenvalue weighted by Gasteiger charge is -2.29. The summed E-state index contributed by atoms with van der Waals surface area (Å²) < 4.78 is 11.0. The Labute approximate surface area is 206 Å². The number of benzene rings is 2. The van der Waals surface area contributed by atoms with Gasteiger partial charge in [0.05, 0.1) is 23.7 Å². The number of hydrogen-bond donors (Lipinski definition) is 1. The lowest BCUT2D eigenvalue weighted by molar-refractivity contribution is -0.123. The van der Waals surface area contributed by atoms with E-state index in [9.17, 15) is 9.59 Å². The molecule has 0 aliphatic carbocycles. The van der Waals surface area contributed by atoms with E-state index >= 15 is 0 Å². The van der Waals surface area contributed by atoms with E-state index in [0.29, 0.717) is 23.7 Å². The number of rotatable bonds is 7. The van der Waals surface area contributed by atoms with E-state index in [0.717, 1.165) is 27.7 Å². The number of nitrogens with zero attached hydrogens (tertiary/aromatic N) is 3. The fraction of sp³-hybridized carbons (Fsp3) is 0.154. The van der Waals surface area contributed by atoms with E-state index < -0.39 is 0 Å². The van der Waals surface area contributed by atoms with Gasteiger partial charge in [0.2, 0.25) is 5.91 Å². The number of carbonyl (C=O) groups is 2. The van der Waals surface area contributed by atoms with Crippen molar-refractivity contribution < 1.29 is 19.1 Å². The van der Waals surface area contributed by atoms with Crippen molar-refractivity contribution in [3.8, 4) is 33.5 Å². The molecule has 1 aliphatic heterocycles. The van der Waals surface area contributed by atoms with Gasteiger partial charge in [-0.15, -0.1) is 11.3 Å². The summed E-state index contributed by atoms with van der Waals surface area (Å²) in [5, 5.41) is 5.58. The van der Waals surface area contributed by atoms with Crippen LogP contribution in [-0.2, 0) is 9.59 Å². The van der Waals surface area contributed by atoms with Crippen LogP contribution in [-0.4, -0.2) is 41.5 Å². The van der Waals surface area contributed by atoms with E-state index in [2.05, 4.69) is 10.3 Å². The predicted octanol–water partition coefficient (Wildman–Crippen LogP) is 4.63. The molecular weight excluding hydrogens is 464 g/mol. The molecule has 0 atom stereocenters. The van der Waals surface area contributed by atoms with Crippen molar-refractivity contribution >= 4 is 34.5 Å². The number of hydrogen-bond acceptors (Lipinski definition) is 7. The monoisotopic (exact) mass is 486 g/mol. The molecule has 0 unspecified atom stereocenters. The van der Waals surface area contributed by atoms with Gasteiger partial charge in [-0.25, -0.2) is 4.98 Å². The molecule has 8 nitrogen and oxygen atoms in total. The van der Waals surface area contributed by atoms with Crippen LogP contribution in [0.5, 0.6) is 11.5 Å². The normalized spacial score (nSPS) is 12.6. The van der Waals surface area contributed by atoms with Gasteiger partial charge in [-0.2, -0.15) is 0 Å². The van der Waals surface area contributed by atoms with Crippen LogP contribution in [0.3, 0.4) is 0 Å². The summed E-state index contributed by atoms with van der Waals surface area (Å²) in [5.41, 5.74) is 3.53. The van der Waals surface area contributed by atoms with Crippen LogP contribution in [0.25, 0.3) is 22.0 Å². The number of amides is 2. The summed E-state index contributed by atoms with van der Waals surface area (Å²) >= 11 is 1.49. The van der Waals surface area contributed by atoms with Crippen LogP contribution in [0, 0.1) is 0 Å². The lowest BCUT2D eigenvalue weighted by atomic mass is 10.1. The number of ether oxygens (including phenoxy) is 2. The van der Waals surface area contributed by atoms with Crippen LogP contribution < -0.4 is 19.7 Å². The molecule has 9 heteroatoms. The molecule has 0 radical (unpaired) electrons. The molecule has 176 valence electrons. The largest absolute Gasteiger partial charge is 0.494 e. The van der Waals surface area contributed by atoms with Gasteiger partial charge in [-0.05, 0) is 61.5 Å². The highest BCUT2D eigenvalue weighted by Gasteiger charge is 2.28. The zero-order chi connectivity index (χ0) is 24.2. The Morgan fingerprint density at radius 2 is 2.00 bits per heavy atom. The molecule has 1 aliphatic rings. The third kappa shape index (κ3) is 4.99. The van der Waals surface area contributed by atoms with E-state index in [4.69, 9.17) is 14.5 Å². The van der Waals surface area contributed by atoms with Crippen LogP contribution >= 0.6 is 11.3 Å². The van der Waals surface area contributed by atoms with E-state index in [1.54, 1.807) is 36.5 Å². The molecule has 3 heterocycles. The topological polar surface area (TPSA) is 93.7 Å². The summed E-state index contributed by atoms with van der Waals surface area (Å²) in [7, 11) is 0. The molecule has 2 amide bonds. The predicted molar refractivity (Wildman–Crippen MR) is 135 cm³/mol. The Balaban J connectivity index is 1.35. The number of nitrogens with one attached hydrogen (secondary N) is 1. The maximum Gasteiger partial charge on any atom is 0.265 e. The Morgan fingerprint density at radius 3 is 2.77 bits per heavy atom. The van der Waals surface area contributed by atoms with Crippen molar-refractivity contribution in [1.29, 1.82) is 0 Å². The maximum atomic E-state index is 12.8. The minimum atomic E-state index is -0.313. The first-order valence-electron chi connectivity index (χ1n) is 11.1. The van der Waals surface area contributed by atoms with Crippen molar-refractivity contribution in [3.05, 3.63) is 72.2 Å². The zero-order valence-corrected chi connectivity index (χ0v) is 19.7. The minimum Gasteiger partial charge on any atom is -0.494 e. The summed E-state index contributed by atoms with van der Waals surface area (Å²) in [6.07, 6.45) is 1.73. The number of thiazole rings is 1. The van der Waals surface area contributed by atoms with Gasteiger partial charge in [-0.3, -0.25) is 19.5 Å².